The van der Waals surface area contributed by atoms with Crippen molar-refractivity contribution in [3.05, 3.63) is 64.7 Å². The highest BCUT2D eigenvalue weighted by molar-refractivity contribution is 7.89. The predicted molar refractivity (Wildman–Crippen MR) is 137 cm³/mol. The topological polar surface area (TPSA) is 86.8 Å². The van der Waals surface area contributed by atoms with E-state index in [-0.39, 0.29) is 23.4 Å². The number of nitrogens with one attached hydrogen (secondary N) is 1. The van der Waals surface area contributed by atoms with Gasteiger partial charge in [-0.25, -0.2) is 8.42 Å². The predicted octanol–water partition coefficient (Wildman–Crippen LogP) is 4.14. The summed E-state index contributed by atoms with van der Waals surface area (Å²) in [6.45, 7) is 3.46. The summed E-state index contributed by atoms with van der Waals surface area (Å²) in [6.07, 6.45) is 5.21. The first-order valence-corrected chi connectivity index (χ1v) is 13.8. The van der Waals surface area contributed by atoms with Gasteiger partial charge in [0.1, 0.15) is 6.04 Å². The van der Waals surface area contributed by atoms with E-state index in [4.69, 9.17) is 11.6 Å². The van der Waals surface area contributed by atoms with E-state index in [0.717, 1.165) is 41.1 Å². The molecule has 0 aliphatic heterocycles. The third kappa shape index (κ3) is 7.06. The van der Waals surface area contributed by atoms with Gasteiger partial charge >= 0.3 is 0 Å². The molecule has 1 N–H and O–H groups in total. The molecule has 0 radical (unpaired) electrons. The van der Waals surface area contributed by atoms with Crippen LogP contribution in [0.3, 0.4) is 0 Å². The van der Waals surface area contributed by atoms with Crippen LogP contribution >= 0.6 is 11.6 Å². The molecular formula is C26H34ClN3O4S. The van der Waals surface area contributed by atoms with Gasteiger partial charge < -0.3 is 10.2 Å². The van der Waals surface area contributed by atoms with Crippen molar-refractivity contribution in [2.24, 2.45) is 0 Å². The van der Waals surface area contributed by atoms with Gasteiger partial charge in [-0.15, -0.1) is 0 Å². The number of carbonyl (C=O) groups excluding carboxylic acids is 2. The molecule has 35 heavy (non-hydrogen) atoms. The van der Waals surface area contributed by atoms with Crippen LogP contribution in [0.5, 0.6) is 0 Å². The summed E-state index contributed by atoms with van der Waals surface area (Å²) in [5.74, 6) is -0.665. The Balaban J connectivity index is 1.80. The lowest BCUT2D eigenvalue weighted by molar-refractivity contribution is -0.141. The lowest BCUT2D eigenvalue weighted by atomic mass is 9.95. The Bertz CT molecular complexity index is 1130. The fraction of sp³-hybridized carbons (Fsp3) is 0.462. The van der Waals surface area contributed by atoms with Crippen LogP contribution in [0.1, 0.15) is 50.2 Å². The van der Waals surface area contributed by atoms with Crippen LogP contribution in [0, 0.1) is 6.92 Å². The summed E-state index contributed by atoms with van der Waals surface area (Å²) in [7, 11) is -2.55. The highest BCUT2D eigenvalue weighted by atomic mass is 35.5. The lowest BCUT2D eigenvalue weighted by Gasteiger charge is -2.32. The summed E-state index contributed by atoms with van der Waals surface area (Å²) in [5, 5.41) is 3.51. The van der Waals surface area contributed by atoms with Crippen molar-refractivity contribution in [2.75, 3.05) is 13.6 Å². The van der Waals surface area contributed by atoms with Crippen LogP contribution in [-0.2, 0) is 26.2 Å². The molecule has 9 heteroatoms. The molecule has 0 bridgehead atoms. The SMILES string of the molecule is Cc1ccccc1CN(C(=O)CN(C)S(=O)(=O)c1ccc(Cl)cc1)C(C)C(=O)NC1CCCCC1. The fourth-order valence-electron chi connectivity index (χ4n) is 4.28. The Morgan fingerprint density at radius 1 is 1.06 bits per heavy atom. The maximum absolute atomic E-state index is 13.5. The standard InChI is InChI=1S/C26H34ClN3O4S/c1-19-9-7-8-10-21(19)17-30(20(2)26(32)28-23-11-5-4-6-12-23)25(31)18-29(3)35(33,34)24-15-13-22(27)14-16-24/h7-10,13-16,20,23H,4-6,11-12,17-18H2,1-3H3,(H,28,32). The van der Waals surface area contributed by atoms with Crippen molar-refractivity contribution in [3.8, 4) is 0 Å². The average molecular weight is 520 g/mol. The normalized spacial score (nSPS) is 15.6. The molecule has 3 rings (SSSR count). The monoisotopic (exact) mass is 519 g/mol. The molecule has 1 saturated carbocycles. The Morgan fingerprint density at radius 2 is 1.69 bits per heavy atom. The van der Waals surface area contributed by atoms with Gasteiger partial charge in [-0.1, -0.05) is 55.1 Å². The highest BCUT2D eigenvalue weighted by Gasteiger charge is 2.31. The van der Waals surface area contributed by atoms with E-state index in [2.05, 4.69) is 5.32 Å². The van der Waals surface area contributed by atoms with Gasteiger partial charge in [0.15, 0.2) is 0 Å². The summed E-state index contributed by atoms with van der Waals surface area (Å²) in [6, 6.07) is 12.8. The number of likely N-dealkylation sites (N-methyl/N-ethyl adjacent to an activating group) is 1. The smallest absolute Gasteiger partial charge is 0.243 e. The minimum absolute atomic E-state index is 0.0470. The second kappa shape index (κ2) is 12.0. The van der Waals surface area contributed by atoms with E-state index in [1.165, 1.54) is 42.6 Å². The number of hydrogen-bond acceptors (Lipinski definition) is 4. The molecule has 0 saturated heterocycles. The number of aryl methyl sites for hydroxylation is 1. The van der Waals surface area contributed by atoms with Crippen molar-refractivity contribution in [1.82, 2.24) is 14.5 Å². The van der Waals surface area contributed by atoms with Gasteiger partial charge in [-0.05, 0) is 62.1 Å². The number of rotatable bonds is 9. The zero-order chi connectivity index (χ0) is 25.6. The number of halogens is 1. The molecule has 190 valence electrons. The molecule has 7 nitrogen and oxygen atoms in total. The van der Waals surface area contributed by atoms with Crippen LogP contribution in [-0.4, -0.2) is 55.1 Å². The summed E-state index contributed by atoms with van der Waals surface area (Å²) < 4.78 is 27.0. The van der Waals surface area contributed by atoms with Crippen LogP contribution in [0.25, 0.3) is 0 Å². The zero-order valence-corrected chi connectivity index (χ0v) is 22.1. The van der Waals surface area contributed by atoms with Crippen molar-refractivity contribution >= 4 is 33.4 Å². The second-order valence-corrected chi connectivity index (χ2v) is 11.7. The van der Waals surface area contributed by atoms with E-state index in [1.54, 1.807) is 6.92 Å². The maximum Gasteiger partial charge on any atom is 0.243 e. The van der Waals surface area contributed by atoms with Gasteiger partial charge in [0.25, 0.3) is 0 Å². The van der Waals surface area contributed by atoms with Gasteiger partial charge in [0.05, 0.1) is 11.4 Å². The molecule has 1 aliphatic carbocycles. The molecular weight excluding hydrogens is 486 g/mol. The van der Waals surface area contributed by atoms with Crippen molar-refractivity contribution in [3.63, 3.8) is 0 Å². The number of carbonyl (C=O) groups is 2. The van der Waals surface area contributed by atoms with Crippen LogP contribution in [0.4, 0.5) is 0 Å². The number of hydrogen-bond donors (Lipinski definition) is 1. The van der Waals surface area contributed by atoms with E-state index in [0.29, 0.717) is 5.02 Å². The molecule has 1 aliphatic rings. The largest absolute Gasteiger partial charge is 0.352 e. The van der Waals surface area contributed by atoms with Gasteiger partial charge in [0, 0.05) is 24.7 Å². The highest BCUT2D eigenvalue weighted by Crippen LogP contribution is 2.20. The molecule has 1 fully saturated rings. The fourth-order valence-corrected chi connectivity index (χ4v) is 5.52. The molecule has 1 unspecified atom stereocenters. The summed E-state index contributed by atoms with van der Waals surface area (Å²) >= 11 is 5.88. The van der Waals surface area contributed by atoms with Crippen molar-refractivity contribution in [2.45, 2.75) is 69.5 Å². The Hall–Kier alpha value is -2.42. The van der Waals surface area contributed by atoms with Crippen LogP contribution < -0.4 is 5.32 Å². The zero-order valence-electron chi connectivity index (χ0n) is 20.5. The van der Waals surface area contributed by atoms with Crippen LogP contribution in [0.2, 0.25) is 5.02 Å². The number of benzene rings is 2. The van der Waals surface area contributed by atoms with Crippen LogP contribution in [0.15, 0.2) is 53.4 Å². The average Bonchev–Trinajstić information content (AvgIpc) is 2.84. The third-order valence-electron chi connectivity index (χ3n) is 6.60. The first-order valence-electron chi connectivity index (χ1n) is 12.0. The third-order valence-corrected chi connectivity index (χ3v) is 8.67. The number of sulfonamides is 1. The van der Waals surface area contributed by atoms with Gasteiger partial charge in [-0.3, -0.25) is 9.59 Å². The number of amides is 2. The lowest BCUT2D eigenvalue weighted by Crippen LogP contribution is -2.52. The quantitative estimate of drug-likeness (QED) is 0.539. The van der Waals surface area contributed by atoms with E-state index >= 15 is 0 Å². The minimum Gasteiger partial charge on any atom is -0.352 e. The molecule has 2 aromatic carbocycles. The van der Waals surface area contributed by atoms with Gasteiger partial charge in [0.2, 0.25) is 21.8 Å². The molecule has 1 atom stereocenters. The Morgan fingerprint density at radius 3 is 2.31 bits per heavy atom. The second-order valence-electron chi connectivity index (χ2n) is 9.18. The molecule has 0 heterocycles. The molecule has 2 aromatic rings. The maximum atomic E-state index is 13.5. The minimum atomic E-state index is -3.91. The summed E-state index contributed by atoms with van der Waals surface area (Å²) in [4.78, 5) is 28.1. The van der Waals surface area contributed by atoms with Crippen molar-refractivity contribution < 1.29 is 18.0 Å². The van der Waals surface area contributed by atoms with E-state index in [1.807, 2.05) is 31.2 Å². The van der Waals surface area contributed by atoms with E-state index < -0.39 is 28.5 Å². The molecule has 0 aromatic heterocycles. The molecule has 0 spiro atoms. The van der Waals surface area contributed by atoms with Gasteiger partial charge in [-0.2, -0.15) is 4.31 Å². The Labute approximate surface area is 213 Å². The first kappa shape index (κ1) is 27.2. The first-order chi connectivity index (χ1) is 16.6. The summed E-state index contributed by atoms with van der Waals surface area (Å²) in [5.41, 5.74) is 1.90. The number of nitrogens with zero attached hydrogens (tertiary/aromatic N) is 2. The Kier molecular flexibility index (Phi) is 9.33. The molecule has 2 amide bonds. The van der Waals surface area contributed by atoms with E-state index in [9.17, 15) is 18.0 Å². The van der Waals surface area contributed by atoms with Crippen molar-refractivity contribution in [1.29, 1.82) is 0 Å².